The molecule has 0 spiro atoms. The fourth-order valence-corrected chi connectivity index (χ4v) is 10.2. The normalized spacial score (nSPS) is 80.0. The quantitative estimate of drug-likeness (QED) is 0.604. The van der Waals surface area contributed by atoms with Crippen LogP contribution in [0, 0.1) is 71.0 Å². The Morgan fingerprint density at radius 1 is 0.333 bits per heavy atom. The van der Waals surface area contributed by atoms with Gasteiger partial charge in [0.25, 0.3) is 0 Å². The van der Waals surface area contributed by atoms with Crippen LogP contribution in [0.4, 0.5) is 0 Å². The third-order valence-corrected chi connectivity index (χ3v) is 9.67. The van der Waals surface area contributed by atoms with E-state index in [9.17, 15) is 0 Å². The summed E-state index contributed by atoms with van der Waals surface area (Å²) in [5.74, 6) is 15.2. The second-order valence-electron chi connectivity index (χ2n) is 9.14. The van der Waals surface area contributed by atoms with E-state index in [1.807, 2.05) is 0 Å². The van der Waals surface area contributed by atoms with E-state index < -0.39 is 0 Å². The zero-order valence-electron chi connectivity index (χ0n) is 11.2. The molecule has 0 aromatic carbocycles. The van der Waals surface area contributed by atoms with E-state index in [2.05, 4.69) is 0 Å². The van der Waals surface area contributed by atoms with Gasteiger partial charge in [0.15, 0.2) is 0 Å². The number of hydrogen-bond donors (Lipinski definition) is 0. The molecule has 0 heterocycles. The summed E-state index contributed by atoms with van der Waals surface area (Å²) in [6.07, 6.45) is 9.77. The Kier molecular flexibility index (Phi) is 1.24. The van der Waals surface area contributed by atoms with Gasteiger partial charge in [-0.2, -0.15) is 0 Å². The van der Waals surface area contributed by atoms with Gasteiger partial charge in [-0.05, 0) is 96.7 Å². The van der Waals surface area contributed by atoms with Gasteiger partial charge in [0, 0.05) is 0 Å². The summed E-state index contributed by atoms with van der Waals surface area (Å²) in [6, 6.07) is 0. The summed E-state index contributed by atoms with van der Waals surface area (Å²) in [5.41, 5.74) is 0. The third kappa shape index (κ3) is 0.623. The van der Waals surface area contributed by atoms with Crippen molar-refractivity contribution in [3.63, 3.8) is 0 Å². The molecule has 0 heteroatoms. The van der Waals surface area contributed by atoms with Crippen molar-refractivity contribution in [1.29, 1.82) is 0 Å². The molecule has 10 atom stereocenters. The molecule has 8 aliphatic rings. The molecule has 10 bridgehead atoms. The van der Waals surface area contributed by atoms with Gasteiger partial charge >= 0.3 is 0 Å². The van der Waals surface area contributed by atoms with Crippen LogP contribution in [0.2, 0.25) is 0 Å². The second-order valence-corrected chi connectivity index (χ2v) is 9.14. The van der Waals surface area contributed by atoms with Gasteiger partial charge in [0.05, 0.1) is 0 Å². The van der Waals surface area contributed by atoms with E-state index in [1.54, 1.807) is 38.5 Å². The summed E-state index contributed by atoms with van der Waals surface area (Å²) in [4.78, 5) is 0. The minimum atomic E-state index is 1.23. The number of hydrogen-bond acceptors (Lipinski definition) is 0. The number of fused-ring (bicyclic) bond motifs is 1. The van der Waals surface area contributed by atoms with Gasteiger partial charge in [-0.15, -0.1) is 0 Å². The predicted molar refractivity (Wildman–Crippen MR) is 69.6 cm³/mol. The fourth-order valence-electron chi connectivity index (χ4n) is 10.2. The van der Waals surface area contributed by atoms with Gasteiger partial charge in [-0.3, -0.25) is 0 Å². The lowest BCUT2D eigenvalue weighted by atomic mass is 9.44. The Balaban J connectivity index is 1.45. The minimum Gasteiger partial charge on any atom is -0.0530 e. The van der Waals surface area contributed by atoms with Gasteiger partial charge < -0.3 is 0 Å². The highest BCUT2D eigenvalue weighted by atomic mass is 14.9. The molecule has 0 radical (unpaired) electrons. The maximum absolute atomic E-state index is 1.66. The average Bonchev–Trinajstić information content (AvgIpc) is 2.99. The van der Waals surface area contributed by atoms with E-state index in [4.69, 9.17) is 0 Å². The van der Waals surface area contributed by atoms with E-state index >= 15 is 0 Å². The monoisotopic (exact) mass is 240 g/mol. The molecule has 0 saturated heterocycles. The Labute approximate surface area is 110 Å². The maximum atomic E-state index is 1.66. The van der Waals surface area contributed by atoms with Crippen molar-refractivity contribution in [2.75, 3.05) is 0 Å². The van der Waals surface area contributed by atoms with E-state index in [0.29, 0.717) is 0 Å². The van der Waals surface area contributed by atoms with Crippen LogP contribution in [-0.4, -0.2) is 0 Å². The summed E-state index contributed by atoms with van der Waals surface area (Å²) >= 11 is 0. The average molecular weight is 240 g/mol. The molecule has 8 saturated carbocycles. The zero-order chi connectivity index (χ0) is 11.2. The van der Waals surface area contributed by atoms with Crippen molar-refractivity contribution >= 4 is 0 Å². The first-order valence-electron chi connectivity index (χ1n) is 8.97. The SMILES string of the molecule is C1CCC2C(C1)C1C3C4C5CCC4C4C5C1C4C23. The Morgan fingerprint density at radius 3 is 1.33 bits per heavy atom. The minimum absolute atomic E-state index is 1.23. The van der Waals surface area contributed by atoms with Crippen LogP contribution in [0.15, 0.2) is 0 Å². The van der Waals surface area contributed by atoms with Gasteiger partial charge in [0.2, 0.25) is 0 Å². The lowest BCUT2D eigenvalue weighted by Crippen LogP contribution is -2.56. The van der Waals surface area contributed by atoms with Gasteiger partial charge in [-0.1, -0.05) is 12.8 Å². The molecule has 96 valence electrons. The standard InChI is InChI=1S/C18H24/c1-2-4-8-7(3-1)12-16-11-9-5-6-10(11)15-14(9)17(12)18(15)13(8)16/h7-18H,1-6H2. The van der Waals surface area contributed by atoms with Crippen LogP contribution in [0.25, 0.3) is 0 Å². The Hall–Kier alpha value is 0. The van der Waals surface area contributed by atoms with Crippen molar-refractivity contribution in [2.45, 2.75) is 38.5 Å². The second kappa shape index (κ2) is 2.47. The highest BCUT2D eigenvalue weighted by Gasteiger charge is 2.84. The zero-order valence-corrected chi connectivity index (χ0v) is 11.2. The largest absolute Gasteiger partial charge is 0.0530 e. The van der Waals surface area contributed by atoms with Crippen LogP contribution in [0.3, 0.4) is 0 Å². The van der Waals surface area contributed by atoms with Gasteiger partial charge in [-0.25, -0.2) is 0 Å². The molecule has 10 unspecified atom stereocenters. The topological polar surface area (TPSA) is 0 Å². The smallest absolute Gasteiger partial charge is 0.0312 e. The first-order valence-corrected chi connectivity index (χ1v) is 8.97. The highest BCUT2D eigenvalue weighted by Crippen LogP contribution is 2.88. The first-order chi connectivity index (χ1) is 8.97. The lowest BCUT2D eigenvalue weighted by Gasteiger charge is -2.60. The van der Waals surface area contributed by atoms with Crippen molar-refractivity contribution in [3.05, 3.63) is 0 Å². The third-order valence-electron chi connectivity index (χ3n) is 9.67. The molecule has 8 fully saturated rings. The molecular weight excluding hydrogens is 216 g/mol. The molecular formula is C18H24. The van der Waals surface area contributed by atoms with E-state index in [-0.39, 0.29) is 0 Å². The number of rotatable bonds is 0. The first kappa shape index (κ1) is 9.03. The molecule has 0 N–H and O–H groups in total. The van der Waals surface area contributed by atoms with Gasteiger partial charge in [0.1, 0.15) is 0 Å². The van der Waals surface area contributed by atoms with Crippen LogP contribution in [0.1, 0.15) is 38.5 Å². The van der Waals surface area contributed by atoms with Crippen LogP contribution >= 0.6 is 0 Å². The summed E-state index contributed by atoms with van der Waals surface area (Å²) in [7, 11) is 0. The summed E-state index contributed by atoms with van der Waals surface area (Å²) < 4.78 is 0. The van der Waals surface area contributed by atoms with Crippen molar-refractivity contribution in [1.82, 2.24) is 0 Å². The molecule has 0 amide bonds. The van der Waals surface area contributed by atoms with Crippen molar-refractivity contribution in [2.24, 2.45) is 71.0 Å². The van der Waals surface area contributed by atoms with E-state index in [1.165, 1.54) is 71.0 Å². The Morgan fingerprint density at radius 2 is 0.778 bits per heavy atom. The van der Waals surface area contributed by atoms with Crippen LogP contribution in [-0.2, 0) is 0 Å². The molecule has 8 rings (SSSR count). The molecule has 0 aliphatic heterocycles. The van der Waals surface area contributed by atoms with E-state index in [0.717, 1.165) is 0 Å². The van der Waals surface area contributed by atoms with Crippen molar-refractivity contribution < 1.29 is 0 Å². The fraction of sp³-hybridized carbons (Fsp3) is 1.00. The predicted octanol–water partition coefficient (Wildman–Crippen LogP) is 3.82. The molecule has 18 heavy (non-hydrogen) atoms. The van der Waals surface area contributed by atoms with Crippen molar-refractivity contribution in [3.8, 4) is 0 Å². The lowest BCUT2D eigenvalue weighted by molar-refractivity contribution is -0.130. The summed E-state index contributed by atoms with van der Waals surface area (Å²) in [6.45, 7) is 0. The van der Waals surface area contributed by atoms with Crippen LogP contribution < -0.4 is 0 Å². The molecule has 0 nitrogen and oxygen atoms in total. The maximum Gasteiger partial charge on any atom is -0.0312 e. The summed E-state index contributed by atoms with van der Waals surface area (Å²) in [5, 5.41) is 0. The molecule has 0 aromatic rings. The molecule has 8 aliphatic carbocycles. The highest BCUT2D eigenvalue weighted by molar-refractivity contribution is 5.31. The Bertz CT molecular complexity index is 413. The van der Waals surface area contributed by atoms with Crippen LogP contribution in [0.5, 0.6) is 0 Å². The molecule has 0 aromatic heterocycles.